The predicted octanol–water partition coefficient (Wildman–Crippen LogP) is 1.58. The van der Waals surface area contributed by atoms with Crippen LogP contribution >= 0.6 is 11.6 Å². The number of carbonyl (C=O) groups is 2. The molecule has 0 aliphatic carbocycles. The monoisotopic (exact) mass is 331 g/mol. The minimum Gasteiger partial charge on any atom is -0.493 e. The third-order valence-electron chi connectivity index (χ3n) is 2.54. The summed E-state index contributed by atoms with van der Waals surface area (Å²) in [7, 11) is 1.45. The van der Waals surface area contributed by atoms with Gasteiger partial charge in [0, 0.05) is 12.1 Å². The summed E-state index contributed by atoms with van der Waals surface area (Å²) in [5, 5.41) is 11.3. The first kappa shape index (κ1) is 18.1. The lowest BCUT2D eigenvalue weighted by Crippen LogP contribution is -2.28. The molecule has 0 aliphatic heterocycles. The normalized spacial score (nSPS) is 10.1. The number of methoxy groups -OCH3 is 1. The van der Waals surface area contributed by atoms with E-state index in [4.69, 9.17) is 30.9 Å². The minimum atomic E-state index is -1.06. The average Bonchev–Trinajstić information content (AvgIpc) is 2.48. The second-order valence-electron chi connectivity index (χ2n) is 4.12. The van der Waals surface area contributed by atoms with E-state index >= 15 is 0 Å². The molecule has 122 valence electrons. The number of rotatable bonds is 9. The van der Waals surface area contributed by atoms with Crippen molar-refractivity contribution < 1.29 is 28.9 Å². The van der Waals surface area contributed by atoms with Gasteiger partial charge < -0.3 is 24.6 Å². The first-order valence-corrected chi connectivity index (χ1v) is 6.95. The van der Waals surface area contributed by atoms with E-state index in [0.717, 1.165) is 0 Å². The van der Waals surface area contributed by atoms with Crippen molar-refractivity contribution in [2.75, 3.05) is 33.5 Å². The Labute approximate surface area is 133 Å². The molecule has 0 unspecified atom stereocenters. The van der Waals surface area contributed by atoms with E-state index < -0.39 is 12.6 Å². The van der Waals surface area contributed by atoms with Gasteiger partial charge in [-0.15, -0.1) is 0 Å². The van der Waals surface area contributed by atoms with E-state index in [2.05, 4.69) is 5.32 Å². The molecule has 1 aromatic carbocycles. The maximum absolute atomic E-state index is 12.0. The molecule has 0 bridgehead atoms. The molecule has 0 saturated heterocycles. The average molecular weight is 332 g/mol. The minimum absolute atomic E-state index is 0.0972. The molecule has 1 amide bonds. The van der Waals surface area contributed by atoms with Gasteiger partial charge in [0.1, 0.15) is 6.61 Å². The number of carboxylic acids is 1. The van der Waals surface area contributed by atoms with E-state index in [1.807, 2.05) is 6.92 Å². The lowest BCUT2D eigenvalue weighted by Gasteiger charge is -2.13. The summed E-state index contributed by atoms with van der Waals surface area (Å²) < 4.78 is 15.3. The molecule has 0 saturated carbocycles. The van der Waals surface area contributed by atoms with Crippen LogP contribution in [0.25, 0.3) is 0 Å². The largest absolute Gasteiger partial charge is 0.493 e. The first-order chi connectivity index (χ1) is 10.5. The zero-order chi connectivity index (χ0) is 16.5. The quantitative estimate of drug-likeness (QED) is 0.667. The van der Waals surface area contributed by atoms with Crippen molar-refractivity contribution in [1.29, 1.82) is 0 Å². The molecule has 0 aromatic heterocycles. The van der Waals surface area contributed by atoms with Crippen molar-refractivity contribution >= 4 is 23.5 Å². The molecule has 8 heteroatoms. The number of carboxylic acid groups (broad SMARTS) is 1. The number of benzene rings is 1. The highest BCUT2D eigenvalue weighted by Crippen LogP contribution is 2.36. The fraction of sp³-hybridized carbons (Fsp3) is 0.429. The zero-order valence-electron chi connectivity index (χ0n) is 12.3. The van der Waals surface area contributed by atoms with E-state index in [-0.39, 0.29) is 24.1 Å². The van der Waals surface area contributed by atoms with Crippen LogP contribution in [-0.2, 0) is 9.53 Å². The Morgan fingerprint density at radius 2 is 2.09 bits per heavy atom. The predicted molar refractivity (Wildman–Crippen MR) is 80.0 cm³/mol. The summed E-state index contributed by atoms with van der Waals surface area (Å²) in [6, 6.07) is 2.99. The SMILES string of the molecule is CCOc1c(Cl)cc(C(=O)NCCOCC(=O)O)cc1OC. The lowest BCUT2D eigenvalue weighted by molar-refractivity contribution is -0.142. The maximum atomic E-state index is 12.0. The van der Waals surface area contributed by atoms with Crippen LogP contribution in [0.15, 0.2) is 12.1 Å². The third-order valence-corrected chi connectivity index (χ3v) is 2.82. The Hall–Kier alpha value is -1.99. The number of aliphatic carboxylic acids is 1. The van der Waals surface area contributed by atoms with E-state index in [1.165, 1.54) is 19.2 Å². The molecule has 1 aromatic rings. The molecule has 0 spiro atoms. The Morgan fingerprint density at radius 1 is 1.36 bits per heavy atom. The zero-order valence-corrected chi connectivity index (χ0v) is 13.1. The molecule has 7 nitrogen and oxygen atoms in total. The van der Waals surface area contributed by atoms with Gasteiger partial charge in [-0.25, -0.2) is 4.79 Å². The van der Waals surface area contributed by atoms with Crippen LogP contribution < -0.4 is 14.8 Å². The number of carbonyl (C=O) groups excluding carboxylic acids is 1. The van der Waals surface area contributed by atoms with Gasteiger partial charge in [0.2, 0.25) is 0 Å². The third kappa shape index (κ3) is 5.42. The van der Waals surface area contributed by atoms with Crippen LogP contribution in [0.2, 0.25) is 5.02 Å². The number of ether oxygens (including phenoxy) is 3. The highest BCUT2D eigenvalue weighted by Gasteiger charge is 2.15. The number of hydrogen-bond acceptors (Lipinski definition) is 5. The van der Waals surface area contributed by atoms with Gasteiger partial charge in [0.25, 0.3) is 5.91 Å². The summed E-state index contributed by atoms with van der Waals surface area (Å²) in [6.07, 6.45) is 0. The van der Waals surface area contributed by atoms with Crippen LogP contribution in [0, 0.1) is 0 Å². The van der Waals surface area contributed by atoms with Gasteiger partial charge in [-0.05, 0) is 19.1 Å². The van der Waals surface area contributed by atoms with Crippen LogP contribution in [0.3, 0.4) is 0 Å². The highest BCUT2D eigenvalue weighted by atomic mass is 35.5. The van der Waals surface area contributed by atoms with E-state index in [9.17, 15) is 9.59 Å². The number of hydrogen-bond donors (Lipinski definition) is 2. The van der Waals surface area contributed by atoms with Crippen molar-refractivity contribution in [2.45, 2.75) is 6.92 Å². The first-order valence-electron chi connectivity index (χ1n) is 6.57. The Morgan fingerprint density at radius 3 is 2.68 bits per heavy atom. The molecule has 0 fully saturated rings. The molecule has 0 radical (unpaired) electrons. The van der Waals surface area contributed by atoms with E-state index in [0.29, 0.717) is 23.7 Å². The Kier molecular flexibility index (Phi) is 7.48. The standard InChI is InChI=1S/C14H18ClNO6/c1-3-22-13-10(15)6-9(7-11(13)20-2)14(19)16-4-5-21-8-12(17)18/h6-7H,3-5,8H2,1-2H3,(H,16,19)(H,17,18). The number of amides is 1. The Balaban J connectivity index is 2.65. The van der Waals surface area contributed by atoms with Crippen LogP contribution in [0.1, 0.15) is 17.3 Å². The van der Waals surface area contributed by atoms with Crippen molar-refractivity contribution in [1.82, 2.24) is 5.32 Å². The molecule has 0 atom stereocenters. The topological polar surface area (TPSA) is 94.1 Å². The van der Waals surface area contributed by atoms with Crippen LogP contribution in [0.5, 0.6) is 11.5 Å². The maximum Gasteiger partial charge on any atom is 0.329 e. The molecule has 1 rings (SSSR count). The Bertz CT molecular complexity index is 534. The van der Waals surface area contributed by atoms with Crippen molar-refractivity contribution in [2.24, 2.45) is 0 Å². The molecule has 22 heavy (non-hydrogen) atoms. The fourth-order valence-electron chi connectivity index (χ4n) is 1.63. The van der Waals surface area contributed by atoms with Gasteiger partial charge in [0.15, 0.2) is 11.5 Å². The molecule has 0 heterocycles. The number of nitrogens with one attached hydrogen (secondary N) is 1. The molecular formula is C14H18ClNO6. The van der Waals surface area contributed by atoms with Gasteiger partial charge in [-0.3, -0.25) is 4.79 Å². The van der Waals surface area contributed by atoms with Gasteiger partial charge in [-0.1, -0.05) is 11.6 Å². The van der Waals surface area contributed by atoms with Crippen molar-refractivity contribution in [3.63, 3.8) is 0 Å². The van der Waals surface area contributed by atoms with Crippen molar-refractivity contribution in [3.8, 4) is 11.5 Å². The molecule has 0 aliphatic rings. The molecule has 2 N–H and O–H groups in total. The lowest BCUT2D eigenvalue weighted by atomic mass is 10.2. The fourth-order valence-corrected chi connectivity index (χ4v) is 1.90. The van der Waals surface area contributed by atoms with Gasteiger partial charge in [-0.2, -0.15) is 0 Å². The summed E-state index contributed by atoms with van der Waals surface area (Å²) in [5.41, 5.74) is 0.309. The van der Waals surface area contributed by atoms with Crippen LogP contribution in [-0.4, -0.2) is 50.5 Å². The van der Waals surface area contributed by atoms with Crippen molar-refractivity contribution in [3.05, 3.63) is 22.7 Å². The summed E-state index contributed by atoms with van der Waals surface area (Å²) in [6.45, 7) is 2.10. The van der Waals surface area contributed by atoms with E-state index in [1.54, 1.807) is 0 Å². The van der Waals surface area contributed by atoms with Gasteiger partial charge >= 0.3 is 5.97 Å². The smallest absolute Gasteiger partial charge is 0.329 e. The summed E-state index contributed by atoms with van der Waals surface area (Å²) >= 11 is 6.08. The summed E-state index contributed by atoms with van der Waals surface area (Å²) in [5.74, 6) is -0.689. The highest BCUT2D eigenvalue weighted by molar-refractivity contribution is 6.32. The molecular weight excluding hydrogens is 314 g/mol. The van der Waals surface area contributed by atoms with Gasteiger partial charge in [0.05, 0.1) is 25.3 Å². The summed E-state index contributed by atoms with van der Waals surface area (Å²) in [4.78, 5) is 22.3. The number of halogens is 1. The van der Waals surface area contributed by atoms with Crippen LogP contribution in [0.4, 0.5) is 0 Å². The second kappa shape index (κ2) is 9.11. The second-order valence-corrected chi connectivity index (χ2v) is 4.53.